The molecule has 0 aromatic carbocycles. The molecule has 7 nitrogen and oxygen atoms in total. The minimum Gasteiger partial charge on any atom is -0.341 e. The highest BCUT2D eigenvalue weighted by molar-refractivity contribution is 6.08. The Labute approximate surface area is 141 Å². The smallest absolute Gasteiger partial charge is 0.331 e. The van der Waals surface area contributed by atoms with Gasteiger partial charge in [-0.05, 0) is 31.4 Å². The Morgan fingerprint density at radius 3 is 2.62 bits per heavy atom. The van der Waals surface area contributed by atoms with E-state index in [1.54, 1.807) is 9.80 Å². The lowest BCUT2D eigenvalue weighted by atomic mass is 9.85. The number of nitrogens with zero attached hydrogens (tertiary/aromatic N) is 3. The number of likely N-dealkylation sites (N-methyl/N-ethyl adjacent to an activating group) is 1. The Morgan fingerprint density at radius 2 is 1.96 bits per heavy atom. The van der Waals surface area contributed by atoms with E-state index in [0.717, 1.165) is 6.42 Å². The fourth-order valence-corrected chi connectivity index (χ4v) is 3.60. The first-order valence-electron chi connectivity index (χ1n) is 8.15. The molecule has 7 heteroatoms. The zero-order chi connectivity index (χ0) is 17.3. The number of carbonyl (C=O) groups is 3. The Kier molecular flexibility index (Phi) is 4.28. The molecule has 1 aliphatic carbocycles. The van der Waals surface area contributed by atoms with Crippen molar-refractivity contribution in [3.8, 4) is 0 Å². The summed E-state index contributed by atoms with van der Waals surface area (Å²) in [5.41, 5.74) is 5.23. The van der Waals surface area contributed by atoms with Gasteiger partial charge < -0.3 is 10.6 Å². The van der Waals surface area contributed by atoms with Gasteiger partial charge in [0.25, 0.3) is 5.91 Å². The highest BCUT2D eigenvalue weighted by Crippen LogP contribution is 2.39. The van der Waals surface area contributed by atoms with E-state index in [-0.39, 0.29) is 24.4 Å². The third kappa shape index (κ3) is 2.45. The molecule has 1 spiro atoms. The van der Waals surface area contributed by atoms with Crippen LogP contribution < -0.4 is 5.73 Å². The van der Waals surface area contributed by atoms with Crippen molar-refractivity contribution in [2.24, 2.45) is 5.73 Å². The molecule has 3 aliphatic rings. The average molecular weight is 330 g/mol. The van der Waals surface area contributed by atoms with Gasteiger partial charge in [0.1, 0.15) is 5.54 Å². The number of allylic oxidation sites excluding steroid dienone is 5. The van der Waals surface area contributed by atoms with Gasteiger partial charge in [-0.2, -0.15) is 0 Å². The van der Waals surface area contributed by atoms with E-state index < -0.39 is 5.54 Å². The van der Waals surface area contributed by atoms with E-state index in [1.165, 1.54) is 11.9 Å². The minimum absolute atomic E-state index is 0.0395. The molecular weight excluding hydrogens is 308 g/mol. The molecule has 3 rings (SSSR count). The van der Waals surface area contributed by atoms with Crippen molar-refractivity contribution < 1.29 is 14.4 Å². The summed E-state index contributed by atoms with van der Waals surface area (Å²) in [6, 6.07) is -0.315. The van der Waals surface area contributed by atoms with Crippen LogP contribution in [0.5, 0.6) is 0 Å². The largest absolute Gasteiger partial charge is 0.341 e. The molecule has 0 radical (unpaired) electrons. The highest BCUT2D eigenvalue weighted by atomic mass is 16.2. The first-order chi connectivity index (χ1) is 11.5. The van der Waals surface area contributed by atoms with Gasteiger partial charge in [-0.15, -0.1) is 0 Å². The number of urea groups is 1. The number of hydrogen-bond donors (Lipinski definition) is 1. The van der Waals surface area contributed by atoms with Gasteiger partial charge in [0.15, 0.2) is 0 Å². The standard InChI is InChI=1S/C17H22N4O3/c1-19-15(23)17(8-10-20(11-9-17)14(22)12-18)21(16(19)24)13-6-4-2-3-5-7-13/h2,4-7H,3,8-12,18H2,1H3. The summed E-state index contributed by atoms with van der Waals surface area (Å²) in [4.78, 5) is 41.8. The van der Waals surface area contributed by atoms with Crippen LogP contribution in [-0.2, 0) is 9.59 Å². The summed E-state index contributed by atoms with van der Waals surface area (Å²) < 4.78 is 0. The zero-order valence-corrected chi connectivity index (χ0v) is 13.8. The predicted octanol–water partition coefficient (Wildman–Crippen LogP) is 0.600. The SMILES string of the molecule is CN1C(=O)N(C2=CC=CCC=C2)C2(CCN(C(=O)CN)CC2)C1=O. The van der Waals surface area contributed by atoms with Crippen LogP contribution in [0, 0.1) is 0 Å². The lowest BCUT2D eigenvalue weighted by Gasteiger charge is -2.42. The molecule has 4 amide bonds. The van der Waals surface area contributed by atoms with Gasteiger partial charge in [-0.25, -0.2) is 4.79 Å². The molecule has 0 aromatic rings. The van der Waals surface area contributed by atoms with Crippen LogP contribution >= 0.6 is 0 Å². The summed E-state index contributed by atoms with van der Waals surface area (Å²) in [5, 5.41) is 0. The fraction of sp³-hybridized carbons (Fsp3) is 0.471. The van der Waals surface area contributed by atoms with Gasteiger partial charge in [-0.1, -0.05) is 18.2 Å². The topological polar surface area (TPSA) is 87.0 Å². The van der Waals surface area contributed by atoms with Crippen LogP contribution in [0.1, 0.15) is 19.3 Å². The van der Waals surface area contributed by atoms with E-state index in [1.807, 2.05) is 30.4 Å². The number of amides is 4. The van der Waals surface area contributed by atoms with Crippen LogP contribution in [-0.4, -0.2) is 64.8 Å². The van der Waals surface area contributed by atoms with Gasteiger partial charge in [0.05, 0.1) is 6.54 Å². The molecule has 2 N–H and O–H groups in total. The Morgan fingerprint density at radius 1 is 1.25 bits per heavy atom. The molecular formula is C17H22N4O3. The molecule has 128 valence electrons. The number of likely N-dealkylation sites (tertiary alicyclic amines) is 1. The zero-order valence-electron chi connectivity index (χ0n) is 13.8. The Bertz CT molecular complexity index is 657. The van der Waals surface area contributed by atoms with Crippen molar-refractivity contribution in [2.45, 2.75) is 24.8 Å². The normalized spacial score (nSPS) is 23.1. The molecule has 0 unspecified atom stereocenters. The molecule has 2 fully saturated rings. The van der Waals surface area contributed by atoms with Crippen molar-refractivity contribution in [1.29, 1.82) is 0 Å². The molecule has 0 saturated carbocycles. The summed E-state index contributed by atoms with van der Waals surface area (Å²) in [6.45, 7) is 0.806. The number of imide groups is 1. The average Bonchev–Trinajstić information content (AvgIpc) is 2.82. The monoisotopic (exact) mass is 330 g/mol. The second kappa shape index (κ2) is 6.24. The first kappa shape index (κ1) is 16.4. The van der Waals surface area contributed by atoms with Crippen molar-refractivity contribution in [1.82, 2.24) is 14.7 Å². The van der Waals surface area contributed by atoms with Crippen molar-refractivity contribution >= 4 is 17.8 Å². The van der Waals surface area contributed by atoms with Gasteiger partial charge in [-0.3, -0.25) is 19.4 Å². The molecule has 2 saturated heterocycles. The van der Waals surface area contributed by atoms with Crippen LogP contribution in [0.15, 0.2) is 36.1 Å². The maximum absolute atomic E-state index is 12.8. The highest BCUT2D eigenvalue weighted by Gasteiger charge is 2.58. The van der Waals surface area contributed by atoms with E-state index in [2.05, 4.69) is 0 Å². The Hall–Kier alpha value is -2.41. The van der Waals surface area contributed by atoms with Crippen molar-refractivity contribution in [3.05, 3.63) is 36.1 Å². The van der Waals surface area contributed by atoms with Gasteiger partial charge in [0, 0.05) is 25.8 Å². The minimum atomic E-state index is -0.911. The number of hydrogen-bond acceptors (Lipinski definition) is 4. The molecule has 24 heavy (non-hydrogen) atoms. The summed E-state index contributed by atoms with van der Waals surface area (Å²) >= 11 is 0. The summed E-state index contributed by atoms with van der Waals surface area (Å²) in [7, 11) is 1.51. The lowest BCUT2D eigenvalue weighted by molar-refractivity contribution is -0.139. The van der Waals surface area contributed by atoms with Crippen LogP contribution in [0.2, 0.25) is 0 Å². The second-order valence-electron chi connectivity index (χ2n) is 6.26. The molecule has 0 aromatic heterocycles. The van der Waals surface area contributed by atoms with Crippen molar-refractivity contribution in [2.75, 3.05) is 26.7 Å². The first-order valence-corrected chi connectivity index (χ1v) is 8.15. The van der Waals surface area contributed by atoms with E-state index in [0.29, 0.717) is 31.6 Å². The number of nitrogens with two attached hydrogens (primary N) is 1. The lowest BCUT2D eigenvalue weighted by Crippen LogP contribution is -2.57. The fourth-order valence-electron chi connectivity index (χ4n) is 3.60. The van der Waals surface area contributed by atoms with Crippen LogP contribution in [0.4, 0.5) is 4.79 Å². The van der Waals surface area contributed by atoms with E-state index in [4.69, 9.17) is 5.73 Å². The van der Waals surface area contributed by atoms with E-state index >= 15 is 0 Å². The summed E-state index contributed by atoms with van der Waals surface area (Å²) in [6.07, 6.45) is 11.2. The van der Waals surface area contributed by atoms with Crippen LogP contribution in [0.25, 0.3) is 0 Å². The maximum Gasteiger partial charge on any atom is 0.331 e. The van der Waals surface area contributed by atoms with Crippen LogP contribution in [0.3, 0.4) is 0 Å². The predicted molar refractivity (Wildman–Crippen MR) is 88.6 cm³/mol. The maximum atomic E-state index is 12.8. The number of piperidine rings is 1. The van der Waals surface area contributed by atoms with Gasteiger partial charge >= 0.3 is 6.03 Å². The van der Waals surface area contributed by atoms with Crippen molar-refractivity contribution in [3.63, 3.8) is 0 Å². The molecule has 2 heterocycles. The summed E-state index contributed by atoms with van der Waals surface area (Å²) in [5.74, 6) is -0.326. The second-order valence-corrected chi connectivity index (χ2v) is 6.26. The third-order valence-corrected chi connectivity index (χ3v) is 4.95. The number of rotatable bonds is 2. The molecule has 0 bridgehead atoms. The van der Waals surface area contributed by atoms with E-state index in [9.17, 15) is 14.4 Å². The van der Waals surface area contributed by atoms with Gasteiger partial charge in [0.2, 0.25) is 5.91 Å². The number of carbonyl (C=O) groups excluding carboxylic acids is 3. The quantitative estimate of drug-likeness (QED) is 0.751. The Balaban J connectivity index is 1.93. The third-order valence-electron chi connectivity index (χ3n) is 4.95. The molecule has 0 atom stereocenters. The molecule has 2 aliphatic heterocycles.